The topological polar surface area (TPSA) is 59.9 Å². The molecule has 0 aliphatic heterocycles. The molecular weight excluding hydrogens is 275 g/mol. The van der Waals surface area contributed by atoms with Gasteiger partial charge in [-0.2, -0.15) is 0 Å². The maximum atomic E-state index is 13.3. The molecule has 0 saturated carbocycles. The summed E-state index contributed by atoms with van der Waals surface area (Å²) in [4.78, 5) is 16.1. The average Bonchev–Trinajstić information content (AvgIpc) is 2.50. The first-order valence-electron chi connectivity index (χ1n) is 6.09. The predicted molar refractivity (Wildman–Crippen MR) is 77.1 cm³/mol. The van der Waals surface area contributed by atoms with Gasteiger partial charge in [0.2, 0.25) is 0 Å². The van der Waals surface area contributed by atoms with Gasteiger partial charge in [0.05, 0.1) is 19.0 Å². The third-order valence-corrected chi connectivity index (χ3v) is 2.58. The number of nitrogens with one attached hydrogen (secondary N) is 1. The van der Waals surface area contributed by atoms with E-state index in [9.17, 15) is 9.18 Å². The van der Waals surface area contributed by atoms with Gasteiger partial charge in [-0.25, -0.2) is 9.18 Å². The highest BCUT2D eigenvalue weighted by Gasteiger charge is 2.06. The minimum absolute atomic E-state index is 0.0231. The Labute approximate surface area is 121 Å². The van der Waals surface area contributed by atoms with Crippen molar-refractivity contribution in [3.05, 3.63) is 59.9 Å². The minimum atomic E-state index is -0.883. The van der Waals surface area contributed by atoms with Gasteiger partial charge < -0.3 is 4.74 Å². The smallest absolute Gasteiger partial charge is 0.437 e. The summed E-state index contributed by atoms with van der Waals surface area (Å²) < 4.78 is 18.4. The van der Waals surface area contributed by atoms with Crippen molar-refractivity contribution in [2.45, 2.75) is 0 Å². The fraction of sp³-hybridized carbons (Fsp3) is 0.0667. The fourth-order valence-corrected chi connectivity index (χ4v) is 1.60. The Morgan fingerprint density at radius 2 is 1.90 bits per heavy atom. The van der Waals surface area contributed by atoms with Crippen molar-refractivity contribution in [3.8, 4) is 5.75 Å². The number of ether oxygens (including phenoxy) is 1. The highest BCUT2D eigenvalue weighted by molar-refractivity contribution is 5.87. The number of nitrogens with zero attached hydrogens (tertiary/aromatic N) is 1. The first-order valence-corrected chi connectivity index (χ1v) is 6.09. The second-order valence-electron chi connectivity index (χ2n) is 3.96. The molecule has 5 nitrogen and oxygen atoms in total. The van der Waals surface area contributed by atoms with Crippen molar-refractivity contribution >= 4 is 18.0 Å². The van der Waals surface area contributed by atoms with Crippen LogP contribution >= 0.6 is 0 Å². The number of carbonyl (C=O) groups excluding carboxylic acids is 1. The summed E-state index contributed by atoms with van der Waals surface area (Å²) in [5.41, 5.74) is 0.675. The van der Waals surface area contributed by atoms with Crippen molar-refractivity contribution < 1.29 is 18.8 Å². The molecule has 0 heterocycles. The Kier molecular flexibility index (Phi) is 4.87. The zero-order valence-electron chi connectivity index (χ0n) is 11.2. The molecule has 0 atom stereocenters. The molecule has 0 aliphatic rings. The van der Waals surface area contributed by atoms with Gasteiger partial charge in [-0.05, 0) is 24.3 Å². The van der Waals surface area contributed by atoms with Crippen molar-refractivity contribution in [1.29, 1.82) is 0 Å². The number of para-hydroxylation sites is 2. The number of methoxy groups -OCH3 is 1. The summed E-state index contributed by atoms with van der Waals surface area (Å²) in [5.74, 6) is 0.0440. The molecule has 2 rings (SSSR count). The number of hydrogen-bond donors (Lipinski definition) is 1. The fourth-order valence-electron chi connectivity index (χ4n) is 1.60. The molecule has 2 aromatic carbocycles. The van der Waals surface area contributed by atoms with E-state index in [1.54, 1.807) is 24.3 Å². The van der Waals surface area contributed by atoms with Crippen molar-refractivity contribution in [3.63, 3.8) is 0 Å². The van der Waals surface area contributed by atoms with Crippen LogP contribution in [0.5, 0.6) is 5.75 Å². The van der Waals surface area contributed by atoms with Crippen LogP contribution in [0.1, 0.15) is 5.56 Å². The molecule has 1 N–H and O–H groups in total. The standard InChI is InChI=1S/C15H13FN2O3/c1-20-14-9-5-2-6-11(14)10-17-21-15(19)18-13-8-4-3-7-12(13)16/h2-10H,1H3,(H,18,19)/b17-10-. The van der Waals surface area contributed by atoms with Crippen LogP contribution < -0.4 is 10.1 Å². The molecule has 0 radical (unpaired) electrons. The highest BCUT2D eigenvalue weighted by Crippen LogP contribution is 2.15. The van der Waals surface area contributed by atoms with Crippen LogP contribution in [0.15, 0.2) is 53.7 Å². The number of oxime groups is 1. The Balaban J connectivity index is 1.95. The molecule has 1 amide bonds. The van der Waals surface area contributed by atoms with E-state index in [2.05, 4.69) is 15.3 Å². The van der Waals surface area contributed by atoms with Crippen molar-refractivity contribution in [2.75, 3.05) is 12.4 Å². The van der Waals surface area contributed by atoms with Crippen LogP contribution in [-0.4, -0.2) is 19.4 Å². The average molecular weight is 288 g/mol. The highest BCUT2D eigenvalue weighted by atomic mass is 19.1. The van der Waals surface area contributed by atoms with Crippen LogP contribution in [0.25, 0.3) is 0 Å². The molecule has 0 spiro atoms. The second-order valence-corrected chi connectivity index (χ2v) is 3.96. The van der Waals surface area contributed by atoms with E-state index >= 15 is 0 Å². The maximum absolute atomic E-state index is 13.3. The Hall–Kier alpha value is -2.89. The van der Waals surface area contributed by atoms with Gasteiger partial charge in [0, 0.05) is 5.56 Å². The Bertz CT molecular complexity index is 659. The Morgan fingerprint density at radius 1 is 1.19 bits per heavy atom. The number of benzene rings is 2. The number of rotatable bonds is 4. The summed E-state index contributed by atoms with van der Waals surface area (Å²) >= 11 is 0. The van der Waals surface area contributed by atoms with E-state index in [0.29, 0.717) is 11.3 Å². The lowest BCUT2D eigenvalue weighted by molar-refractivity contribution is 0.167. The van der Waals surface area contributed by atoms with Crippen LogP contribution in [0.3, 0.4) is 0 Å². The molecule has 108 valence electrons. The van der Waals surface area contributed by atoms with Crippen molar-refractivity contribution in [2.24, 2.45) is 5.16 Å². The molecule has 2 aromatic rings. The molecule has 21 heavy (non-hydrogen) atoms. The molecule has 0 unspecified atom stereocenters. The molecule has 0 fully saturated rings. The second kappa shape index (κ2) is 7.04. The lowest BCUT2D eigenvalue weighted by Crippen LogP contribution is -2.12. The monoisotopic (exact) mass is 288 g/mol. The van der Waals surface area contributed by atoms with Gasteiger partial charge >= 0.3 is 6.09 Å². The Morgan fingerprint density at radius 3 is 2.67 bits per heavy atom. The summed E-state index contributed by atoms with van der Waals surface area (Å²) in [6.45, 7) is 0. The van der Waals surface area contributed by atoms with Gasteiger partial charge in [-0.3, -0.25) is 10.2 Å². The van der Waals surface area contributed by atoms with Crippen LogP contribution in [-0.2, 0) is 4.84 Å². The van der Waals surface area contributed by atoms with Crippen LogP contribution in [0, 0.1) is 5.82 Å². The number of amides is 1. The molecule has 6 heteroatoms. The molecule has 0 aliphatic carbocycles. The first kappa shape index (κ1) is 14.5. The van der Waals surface area contributed by atoms with Gasteiger partial charge in [0.25, 0.3) is 0 Å². The van der Waals surface area contributed by atoms with E-state index in [0.717, 1.165) is 0 Å². The third kappa shape index (κ3) is 4.04. The summed E-state index contributed by atoms with van der Waals surface area (Å²) in [6.07, 6.45) is 0.450. The normalized spacial score (nSPS) is 10.4. The minimum Gasteiger partial charge on any atom is -0.496 e. The zero-order valence-corrected chi connectivity index (χ0v) is 11.2. The zero-order chi connectivity index (χ0) is 15.1. The SMILES string of the molecule is COc1ccccc1/C=N\OC(=O)Nc1ccccc1F. The van der Waals surface area contributed by atoms with E-state index in [-0.39, 0.29) is 5.69 Å². The van der Waals surface area contributed by atoms with Gasteiger partial charge in [-0.15, -0.1) is 0 Å². The van der Waals surface area contributed by atoms with E-state index in [4.69, 9.17) is 4.74 Å². The molecular formula is C15H13FN2O3. The number of anilines is 1. The number of carbonyl (C=O) groups is 1. The van der Waals surface area contributed by atoms with Crippen LogP contribution in [0.4, 0.5) is 14.9 Å². The van der Waals surface area contributed by atoms with Gasteiger partial charge in [0.15, 0.2) is 0 Å². The third-order valence-electron chi connectivity index (χ3n) is 2.58. The molecule has 0 aromatic heterocycles. The van der Waals surface area contributed by atoms with Crippen LogP contribution in [0.2, 0.25) is 0 Å². The van der Waals surface area contributed by atoms with Gasteiger partial charge in [0.1, 0.15) is 11.6 Å². The van der Waals surface area contributed by atoms with Gasteiger partial charge in [-0.1, -0.05) is 29.4 Å². The summed E-state index contributed by atoms with van der Waals surface area (Å²) in [6, 6.07) is 12.9. The number of hydrogen-bond acceptors (Lipinski definition) is 4. The summed E-state index contributed by atoms with van der Waals surface area (Å²) in [5, 5.41) is 5.78. The number of halogens is 1. The predicted octanol–water partition coefficient (Wildman–Crippen LogP) is 3.42. The molecule has 0 bridgehead atoms. The van der Waals surface area contributed by atoms with E-state index < -0.39 is 11.9 Å². The quantitative estimate of drug-likeness (QED) is 0.533. The van der Waals surface area contributed by atoms with Crippen molar-refractivity contribution in [1.82, 2.24) is 0 Å². The van der Waals surface area contributed by atoms with E-state index in [1.165, 1.54) is 31.5 Å². The maximum Gasteiger partial charge on any atom is 0.437 e. The largest absolute Gasteiger partial charge is 0.496 e. The first-order chi connectivity index (χ1) is 10.2. The lowest BCUT2D eigenvalue weighted by Gasteiger charge is -2.04. The summed E-state index contributed by atoms with van der Waals surface area (Å²) in [7, 11) is 1.53. The molecule has 0 saturated heterocycles. The van der Waals surface area contributed by atoms with E-state index in [1.807, 2.05) is 6.07 Å². The lowest BCUT2D eigenvalue weighted by atomic mass is 10.2.